The van der Waals surface area contributed by atoms with Crippen LogP contribution >= 0.6 is 15.4 Å². The topological polar surface area (TPSA) is 31.8 Å². The lowest BCUT2D eigenvalue weighted by Crippen LogP contribution is -2.45. The summed E-state index contributed by atoms with van der Waals surface area (Å²) >= 11 is 0. The third-order valence-electron chi connectivity index (χ3n) is 8.66. The second-order valence-electron chi connectivity index (χ2n) is 10.6. The molecule has 0 aromatic heterocycles. The highest BCUT2D eigenvalue weighted by Gasteiger charge is 2.61. The van der Waals surface area contributed by atoms with Crippen LogP contribution in [0.1, 0.15) is 78.1 Å². The van der Waals surface area contributed by atoms with Gasteiger partial charge in [-0.3, -0.25) is 0 Å². The summed E-state index contributed by atoms with van der Waals surface area (Å²) < 4.78 is 24.2. The van der Waals surface area contributed by atoms with Gasteiger partial charge in [-0.1, -0.05) is 0 Å². The molecule has 0 bridgehead atoms. The molecule has 5 aliphatic rings. The van der Waals surface area contributed by atoms with E-state index in [9.17, 15) is 0 Å². The first-order valence-electron chi connectivity index (χ1n) is 14.3. The van der Waals surface area contributed by atoms with Gasteiger partial charge in [0.15, 0.2) is 0 Å². The molecule has 190 valence electrons. The van der Waals surface area contributed by atoms with Crippen LogP contribution in [0.15, 0.2) is 4.52 Å². The van der Waals surface area contributed by atoms with Crippen molar-refractivity contribution in [2.45, 2.75) is 78.1 Å². The Kier molecular flexibility index (Phi) is 8.53. The van der Waals surface area contributed by atoms with Gasteiger partial charge in [0.25, 0.3) is 0 Å². The smallest absolute Gasteiger partial charge is 0.243 e. The largest absolute Gasteiger partial charge is 0.357 e. The van der Waals surface area contributed by atoms with Crippen LogP contribution in [0.3, 0.4) is 0 Å². The maximum Gasteiger partial charge on any atom is 0.357 e. The summed E-state index contributed by atoms with van der Waals surface area (Å²) in [6.45, 7) is 19.7. The first kappa shape index (κ1) is 25.1. The van der Waals surface area contributed by atoms with Crippen molar-refractivity contribution in [2.24, 2.45) is 4.52 Å². The van der Waals surface area contributed by atoms with Crippen molar-refractivity contribution in [1.29, 1.82) is 0 Å². The van der Waals surface area contributed by atoms with E-state index in [-0.39, 0.29) is 0 Å². The van der Waals surface area contributed by atoms with Gasteiger partial charge in [-0.15, -0.1) is 14.0 Å². The maximum atomic E-state index is 6.57. The average molecular weight is 499 g/mol. The van der Waals surface area contributed by atoms with Crippen molar-refractivity contribution in [1.82, 2.24) is 28.0 Å². The van der Waals surface area contributed by atoms with Gasteiger partial charge in [-0.25, -0.2) is 14.0 Å². The molecule has 0 aromatic rings. The Labute approximate surface area is 204 Å². The molecule has 9 heteroatoms. The Balaban J connectivity index is 1.74. The van der Waals surface area contributed by atoms with Crippen molar-refractivity contribution < 1.29 is 0 Å². The Morgan fingerprint density at radius 2 is 0.848 bits per heavy atom. The van der Waals surface area contributed by atoms with E-state index in [1.807, 2.05) is 0 Å². The third kappa shape index (κ3) is 4.53. The second-order valence-corrected chi connectivity index (χ2v) is 16.9. The van der Waals surface area contributed by atoms with E-state index >= 15 is 0 Å². The molecule has 0 spiro atoms. The van der Waals surface area contributed by atoms with Gasteiger partial charge in [0.2, 0.25) is 7.51 Å². The number of hydrogen-bond acceptors (Lipinski definition) is 4. The fourth-order valence-corrected chi connectivity index (χ4v) is 18.0. The van der Waals surface area contributed by atoms with Gasteiger partial charge >= 0.3 is 7.87 Å². The van der Waals surface area contributed by atoms with Crippen LogP contribution in [0.4, 0.5) is 0 Å². The standard InChI is InChI=1S/C24H50N7P2/c1-3-26(4-2)32(27-15-5-6-16-27,28-17-7-8-18-28)25-33(29-19-9-10-20-29,30-21-11-12-22-30)31-23-13-14-24-31/h3-24H2,1-2H3/q+1. The first-order valence-corrected chi connectivity index (χ1v) is 17.5. The summed E-state index contributed by atoms with van der Waals surface area (Å²) in [6.07, 6.45) is 13.6. The van der Waals surface area contributed by atoms with Crippen LogP contribution in [0, 0.1) is 0 Å². The monoisotopic (exact) mass is 498 g/mol. The van der Waals surface area contributed by atoms with E-state index < -0.39 is 15.4 Å². The molecule has 33 heavy (non-hydrogen) atoms. The summed E-state index contributed by atoms with van der Waals surface area (Å²) in [7, 11) is -3.83. The minimum atomic E-state index is -1.93. The predicted octanol–water partition coefficient (Wildman–Crippen LogP) is 5.43. The van der Waals surface area contributed by atoms with Crippen molar-refractivity contribution >= 4 is 15.4 Å². The fraction of sp³-hybridized carbons (Fsp3) is 1.00. The zero-order chi connectivity index (χ0) is 22.7. The number of hydrogen-bond donors (Lipinski definition) is 0. The number of rotatable bonds is 9. The molecular formula is C24H50N7P2+. The maximum absolute atomic E-state index is 6.57. The van der Waals surface area contributed by atoms with Crippen LogP contribution in [0.25, 0.3) is 0 Å². The molecule has 7 nitrogen and oxygen atoms in total. The van der Waals surface area contributed by atoms with Crippen LogP contribution in [0.5, 0.6) is 0 Å². The average Bonchev–Trinajstić information content (AvgIpc) is 3.68. The molecule has 5 fully saturated rings. The molecule has 0 unspecified atom stereocenters. The SMILES string of the molecule is CCN(CC)[P+](N=P(N1CCCC1)(N1CCCC1)N1CCCC1)(N1CCCC1)N1CCCC1. The van der Waals surface area contributed by atoms with E-state index in [0.29, 0.717) is 0 Å². The summed E-state index contributed by atoms with van der Waals surface area (Å²) in [4.78, 5) is 0. The van der Waals surface area contributed by atoms with Gasteiger partial charge in [0.1, 0.15) is 0 Å². The van der Waals surface area contributed by atoms with Gasteiger partial charge in [0, 0.05) is 78.5 Å². The quantitative estimate of drug-likeness (QED) is 0.394. The van der Waals surface area contributed by atoms with Crippen molar-refractivity contribution in [3.8, 4) is 0 Å². The van der Waals surface area contributed by atoms with Gasteiger partial charge < -0.3 is 0 Å². The predicted molar refractivity (Wildman–Crippen MR) is 143 cm³/mol. The second kappa shape index (κ2) is 11.2. The highest BCUT2D eigenvalue weighted by Crippen LogP contribution is 2.79. The lowest BCUT2D eigenvalue weighted by molar-refractivity contribution is 0.350. The number of nitrogens with zero attached hydrogens (tertiary/aromatic N) is 7. The van der Waals surface area contributed by atoms with E-state index in [1.54, 1.807) is 0 Å². The third-order valence-corrected chi connectivity index (χ3v) is 17.7. The highest BCUT2D eigenvalue weighted by molar-refractivity contribution is 7.75. The zero-order valence-electron chi connectivity index (χ0n) is 21.6. The molecule has 0 radical (unpaired) electrons. The minimum absolute atomic E-state index is 1.13. The Bertz CT molecular complexity index is 601. The Morgan fingerprint density at radius 1 is 0.545 bits per heavy atom. The van der Waals surface area contributed by atoms with Gasteiger partial charge in [0.05, 0.1) is 0 Å². The molecule has 0 atom stereocenters. The van der Waals surface area contributed by atoms with Crippen molar-refractivity contribution in [2.75, 3.05) is 78.5 Å². The molecule has 5 aliphatic heterocycles. The van der Waals surface area contributed by atoms with Crippen LogP contribution in [0.2, 0.25) is 0 Å². The molecule has 5 heterocycles. The van der Waals surface area contributed by atoms with E-state index in [2.05, 4.69) is 41.9 Å². The molecule has 5 rings (SSSR count). The Hall–Kier alpha value is 0.420. The lowest BCUT2D eigenvalue weighted by Gasteiger charge is -2.48. The zero-order valence-corrected chi connectivity index (χ0v) is 23.4. The molecule has 0 aliphatic carbocycles. The molecule has 0 N–H and O–H groups in total. The molecule has 0 amide bonds. The normalized spacial score (nSPS) is 27.6. The lowest BCUT2D eigenvalue weighted by atomic mass is 10.4. The van der Waals surface area contributed by atoms with E-state index in [0.717, 1.165) is 13.1 Å². The van der Waals surface area contributed by atoms with Crippen LogP contribution < -0.4 is 0 Å². The van der Waals surface area contributed by atoms with Crippen LogP contribution in [-0.4, -0.2) is 107 Å². The molecule has 5 saturated heterocycles. The summed E-state index contributed by atoms with van der Waals surface area (Å²) in [5.74, 6) is 0. The van der Waals surface area contributed by atoms with Crippen molar-refractivity contribution in [3.05, 3.63) is 0 Å². The van der Waals surface area contributed by atoms with E-state index in [4.69, 9.17) is 4.52 Å². The summed E-state index contributed by atoms with van der Waals surface area (Å²) in [6, 6.07) is 0. The molecular weight excluding hydrogens is 448 g/mol. The van der Waals surface area contributed by atoms with Gasteiger partial charge in [-0.05, 0) is 82.6 Å². The Morgan fingerprint density at radius 3 is 1.15 bits per heavy atom. The fourth-order valence-electron chi connectivity index (χ4n) is 7.02. The first-order chi connectivity index (χ1) is 16.3. The summed E-state index contributed by atoms with van der Waals surface area (Å²) in [5.41, 5.74) is 0. The molecule has 0 aromatic carbocycles. The minimum Gasteiger partial charge on any atom is -0.243 e. The van der Waals surface area contributed by atoms with Crippen molar-refractivity contribution in [3.63, 3.8) is 0 Å². The van der Waals surface area contributed by atoms with Crippen LogP contribution in [-0.2, 0) is 0 Å². The highest BCUT2D eigenvalue weighted by atomic mass is 31.2. The van der Waals surface area contributed by atoms with E-state index in [1.165, 1.54) is 130 Å². The summed E-state index contributed by atoms with van der Waals surface area (Å²) in [5, 5.41) is 0. The van der Waals surface area contributed by atoms with Gasteiger partial charge in [-0.2, -0.15) is 0 Å². The molecule has 0 saturated carbocycles.